The van der Waals surface area contributed by atoms with Crippen molar-refractivity contribution in [3.05, 3.63) is 70.4 Å². The van der Waals surface area contributed by atoms with Gasteiger partial charge >= 0.3 is 0 Å². The summed E-state index contributed by atoms with van der Waals surface area (Å²) in [6, 6.07) is 19.3. The van der Waals surface area contributed by atoms with Crippen LogP contribution < -0.4 is 5.32 Å². The van der Waals surface area contributed by atoms with E-state index in [0.717, 1.165) is 32.7 Å². The van der Waals surface area contributed by atoms with Crippen molar-refractivity contribution in [3.8, 4) is 0 Å². The first-order chi connectivity index (χ1) is 13.7. The number of benzene rings is 2. The number of rotatable bonds is 6. The lowest BCUT2D eigenvalue weighted by Gasteiger charge is -2.34. The van der Waals surface area contributed by atoms with Gasteiger partial charge in [-0.1, -0.05) is 48.5 Å². The molecule has 4 nitrogen and oxygen atoms in total. The van der Waals surface area contributed by atoms with Crippen molar-refractivity contribution in [3.63, 3.8) is 0 Å². The molecular formula is C23H27N3OS. The first kappa shape index (κ1) is 19.1. The van der Waals surface area contributed by atoms with Gasteiger partial charge in [0.2, 0.25) is 5.91 Å². The van der Waals surface area contributed by atoms with E-state index in [1.165, 1.54) is 21.2 Å². The van der Waals surface area contributed by atoms with Gasteiger partial charge in [-0.15, -0.1) is 11.3 Å². The maximum atomic E-state index is 12.4. The molecular weight excluding hydrogens is 366 g/mol. The number of hydrogen-bond donors (Lipinski definition) is 1. The first-order valence-corrected chi connectivity index (χ1v) is 10.8. The van der Waals surface area contributed by atoms with Crippen LogP contribution in [-0.4, -0.2) is 48.4 Å². The van der Waals surface area contributed by atoms with Crippen molar-refractivity contribution in [1.29, 1.82) is 0 Å². The van der Waals surface area contributed by atoms with Crippen molar-refractivity contribution in [2.24, 2.45) is 0 Å². The number of carbonyl (C=O) groups is 1. The van der Waals surface area contributed by atoms with Crippen LogP contribution in [-0.2, 0) is 11.3 Å². The Hall–Kier alpha value is -2.21. The van der Waals surface area contributed by atoms with E-state index in [1.807, 2.05) is 18.4 Å². The summed E-state index contributed by atoms with van der Waals surface area (Å²) in [5, 5.41) is 7.81. The molecule has 2 heterocycles. The third-order valence-electron chi connectivity index (χ3n) is 5.45. The highest BCUT2D eigenvalue weighted by Crippen LogP contribution is 2.21. The Bertz CT molecular complexity index is 911. The van der Waals surface area contributed by atoms with Gasteiger partial charge in [0.05, 0.1) is 12.6 Å². The van der Waals surface area contributed by atoms with E-state index in [0.29, 0.717) is 6.54 Å². The number of hydrogen-bond acceptors (Lipinski definition) is 4. The zero-order valence-corrected chi connectivity index (χ0v) is 17.1. The van der Waals surface area contributed by atoms with E-state index in [2.05, 4.69) is 63.6 Å². The summed E-state index contributed by atoms with van der Waals surface area (Å²) >= 11 is 1.69. The van der Waals surface area contributed by atoms with E-state index in [-0.39, 0.29) is 11.9 Å². The number of nitrogens with one attached hydrogen (secondary N) is 1. The summed E-state index contributed by atoms with van der Waals surface area (Å²) in [5.41, 5.74) is 1.38. The largest absolute Gasteiger partial charge is 0.348 e. The van der Waals surface area contributed by atoms with Crippen LogP contribution in [0.2, 0.25) is 0 Å². The van der Waals surface area contributed by atoms with Crippen LogP contribution in [0, 0.1) is 0 Å². The molecule has 5 heteroatoms. The lowest BCUT2D eigenvalue weighted by Crippen LogP contribution is -2.49. The summed E-state index contributed by atoms with van der Waals surface area (Å²) in [4.78, 5) is 18.3. The SMILES string of the molecule is C[C@H](NC(=O)CN1CCN(Cc2cccc3ccccc23)CC1)c1cccs1. The van der Waals surface area contributed by atoms with Crippen molar-refractivity contribution in [1.82, 2.24) is 15.1 Å². The number of piperazine rings is 1. The second-order valence-electron chi connectivity index (χ2n) is 7.50. The van der Waals surface area contributed by atoms with Gasteiger partial charge in [-0.3, -0.25) is 14.6 Å². The molecule has 3 aromatic rings. The molecule has 1 aromatic heterocycles. The molecule has 1 amide bonds. The van der Waals surface area contributed by atoms with Crippen LogP contribution in [0.1, 0.15) is 23.4 Å². The molecule has 0 saturated carbocycles. The van der Waals surface area contributed by atoms with Crippen molar-refractivity contribution >= 4 is 28.0 Å². The molecule has 1 atom stereocenters. The fraction of sp³-hybridized carbons (Fsp3) is 0.348. The summed E-state index contributed by atoms with van der Waals surface area (Å²) in [6.07, 6.45) is 0. The summed E-state index contributed by atoms with van der Waals surface area (Å²) in [7, 11) is 0. The molecule has 0 unspecified atom stereocenters. The molecule has 2 aromatic carbocycles. The highest BCUT2D eigenvalue weighted by Gasteiger charge is 2.20. The van der Waals surface area contributed by atoms with Gasteiger partial charge in [0.15, 0.2) is 0 Å². The number of fused-ring (bicyclic) bond motifs is 1. The van der Waals surface area contributed by atoms with E-state index < -0.39 is 0 Å². The van der Waals surface area contributed by atoms with Gasteiger partial charge in [-0.05, 0) is 34.7 Å². The molecule has 146 valence electrons. The van der Waals surface area contributed by atoms with E-state index >= 15 is 0 Å². The number of amides is 1. The molecule has 1 saturated heterocycles. The quantitative estimate of drug-likeness (QED) is 0.690. The Kier molecular flexibility index (Phi) is 6.05. The molecule has 1 aliphatic heterocycles. The van der Waals surface area contributed by atoms with E-state index in [1.54, 1.807) is 11.3 Å². The van der Waals surface area contributed by atoms with Crippen molar-refractivity contribution in [2.75, 3.05) is 32.7 Å². The standard InChI is InChI=1S/C23H27N3OS/c1-18(22-10-5-15-28-22)24-23(27)17-26-13-11-25(12-14-26)16-20-8-4-7-19-6-2-3-9-21(19)20/h2-10,15,18H,11-14,16-17H2,1H3,(H,24,27)/t18-/m0/s1. The van der Waals surface area contributed by atoms with E-state index in [9.17, 15) is 4.79 Å². The molecule has 1 fully saturated rings. The molecule has 0 spiro atoms. The minimum absolute atomic E-state index is 0.0835. The maximum Gasteiger partial charge on any atom is 0.234 e. The molecule has 1 N–H and O–H groups in total. The molecule has 4 rings (SSSR count). The molecule has 0 bridgehead atoms. The summed E-state index contributed by atoms with van der Waals surface area (Å²) < 4.78 is 0. The predicted octanol–water partition coefficient (Wildman–Crippen LogP) is 3.90. The van der Waals surface area contributed by atoms with Gasteiger partial charge < -0.3 is 5.32 Å². The zero-order valence-electron chi connectivity index (χ0n) is 16.3. The first-order valence-electron chi connectivity index (χ1n) is 9.93. The lowest BCUT2D eigenvalue weighted by molar-refractivity contribution is -0.123. The molecule has 0 radical (unpaired) electrons. The Labute approximate surface area is 170 Å². The zero-order chi connectivity index (χ0) is 19.3. The number of carbonyl (C=O) groups excluding carboxylic acids is 1. The average Bonchev–Trinajstić information content (AvgIpc) is 3.25. The summed E-state index contributed by atoms with van der Waals surface area (Å²) in [6.45, 7) is 7.37. The average molecular weight is 394 g/mol. The number of thiophene rings is 1. The van der Waals surface area contributed by atoms with Crippen LogP contribution in [0.15, 0.2) is 60.0 Å². The van der Waals surface area contributed by atoms with Crippen LogP contribution in [0.4, 0.5) is 0 Å². The van der Waals surface area contributed by atoms with Gasteiger partial charge in [-0.25, -0.2) is 0 Å². The fourth-order valence-electron chi connectivity index (χ4n) is 3.88. The molecule has 0 aliphatic carbocycles. The molecule has 28 heavy (non-hydrogen) atoms. The van der Waals surface area contributed by atoms with Crippen molar-refractivity contribution in [2.45, 2.75) is 19.5 Å². The minimum atomic E-state index is 0.0835. The van der Waals surface area contributed by atoms with Crippen molar-refractivity contribution < 1.29 is 4.79 Å². The lowest BCUT2D eigenvalue weighted by atomic mass is 10.0. The number of nitrogens with zero attached hydrogens (tertiary/aromatic N) is 2. The van der Waals surface area contributed by atoms with Crippen LogP contribution in [0.3, 0.4) is 0 Å². The summed E-state index contributed by atoms with van der Waals surface area (Å²) in [5.74, 6) is 0.114. The molecule has 1 aliphatic rings. The predicted molar refractivity (Wildman–Crippen MR) is 117 cm³/mol. The van der Waals surface area contributed by atoms with Crippen LogP contribution >= 0.6 is 11.3 Å². The third-order valence-corrected chi connectivity index (χ3v) is 6.51. The van der Waals surface area contributed by atoms with E-state index in [4.69, 9.17) is 0 Å². The monoisotopic (exact) mass is 393 g/mol. The maximum absolute atomic E-state index is 12.4. The van der Waals surface area contributed by atoms with Gasteiger partial charge in [-0.2, -0.15) is 0 Å². The highest BCUT2D eigenvalue weighted by molar-refractivity contribution is 7.10. The van der Waals surface area contributed by atoms with Gasteiger partial charge in [0, 0.05) is 37.6 Å². The fourth-order valence-corrected chi connectivity index (χ4v) is 4.61. The minimum Gasteiger partial charge on any atom is -0.348 e. The smallest absolute Gasteiger partial charge is 0.234 e. The Morgan fingerprint density at radius 3 is 2.54 bits per heavy atom. The highest BCUT2D eigenvalue weighted by atomic mass is 32.1. The normalized spacial score (nSPS) is 16.9. The Morgan fingerprint density at radius 2 is 1.75 bits per heavy atom. The van der Waals surface area contributed by atoms with Gasteiger partial charge in [0.25, 0.3) is 0 Å². The topological polar surface area (TPSA) is 35.6 Å². The Morgan fingerprint density at radius 1 is 1.00 bits per heavy atom. The third kappa shape index (κ3) is 4.61. The Balaban J connectivity index is 1.27. The van der Waals surface area contributed by atoms with Crippen LogP contribution in [0.5, 0.6) is 0 Å². The van der Waals surface area contributed by atoms with Crippen LogP contribution in [0.25, 0.3) is 10.8 Å². The van der Waals surface area contributed by atoms with Gasteiger partial charge in [0.1, 0.15) is 0 Å². The second-order valence-corrected chi connectivity index (χ2v) is 8.47. The second kappa shape index (κ2) is 8.86.